The van der Waals surface area contributed by atoms with Crippen molar-refractivity contribution in [1.29, 1.82) is 0 Å². The smallest absolute Gasteiger partial charge is 0.238 e. The van der Waals surface area contributed by atoms with Gasteiger partial charge in [-0.05, 0) is 60.2 Å². The average Bonchev–Trinajstić information content (AvgIpc) is 3.99. The van der Waals surface area contributed by atoms with E-state index >= 15 is 0 Å². The van der Waals surface area contributed by atoms with Crippen molar-refractivity contribution < 1.29 is 4.42 Å². The summed E-state index contributed by atoms with van der Waals surface area (Å²) in [6, 6.07) is 66.9. The van der Waals surface area contributed by atoms with E-state index < -0.39 is 0 Å². The summed E-state index contributed by atoms with van der Waals surface area (Å²) >= 11 is 0. The van der Waals surface area contributed by atoms with Crippen LogP contribution in [0.25, 0.3) is 112 Å². The lowest BCUT2D eigenvalue weighted by Crippen LogP contribution is -2.06. The first-order chi connectivity index (χ1) is 29.2. The molecule has 59 heavy (non-hydrogen) atoms. The molecule has 8 aromatic carbocycles. The molecule has 4 aromatic heterocycles. The van der Waals surface area contributed by atoms with Gasteiger partial charge in [-0.15, -0.1) is 0 Å². The fourth-order valence-electron chi connectivity index (χ4n) is 8.52. The molecular formula is C52H32N6O. The quantitative estimate of drug-likeness (QED) is 0.169. The monoisotopic (exact) mass is 756 g/mol. The molecule has 0 aliphatic carbocycles. The van der Waals surface area contributed by atoms with E-state index in [0.29, 0.717) is 23.5 Å². The second-order valence-electron chi connectivity index (χ2n) is 14.7. The molecule has 4 heterocycles. The van der Waals surface area contributed by atoms with Gasteiger partial charge in [0.25, 0.3) is 0 Å². The van der Waals surface area contributed by atoms with Crippen LogP contribution in [0.2, 0.25) is 0 Å². The number of nitrogens with zero attached hydrogens (tertiary/aromatic N) is 6. The summed E-state index contributed by atoms with van der Waals surface area (Å²) in [5.41, 5.74) is 11.8. The molecule has 0 unspecified atom stereocenters. The van der Waals surface area contributed by atoms with Gasteiger partial charge in [0, 0.05) is 49.5 Å². The first-order valence-corrected chi connectivity index (χ1v) is 19.6. The molecule has 12 rings (SSSR count). The highest BCUT2D eigenvalue weighted by Crippen LogP contribution is 2.42. The van der Waals surface area contributed by atoms with Crippen molar-refractivity contribution in [3.8, 4) is 57.0 Å². The van der Waals surface area contributed by atoms with Gasteiger partial charge in [-0.1, -0.05) is 140 Å². The minimum absolute atomic E-state index is 0.556. The van der Waals surface area contributed by atoms with E-state index in [2.05, 4.69) is 112 Å². The molecule has 0 atom stereocenters. The molecule has 0 aliphatic heterocycles. The molecule has 0 N–H and O–H groups in total. The van der Waals surface area contributed by atoms with Crippen LogP contribution in [-0.2, 0) is 0 Å². The molecule has 0 spiro atoms. The fraction of sp³-hybridized carbons (Fsp3) is 0. The Morgan fingerprint density at radius 1 is 0.373 bits per heavy atom. The summed E-state index contributed by atoms with van der Waals surface area (Å²) in [4.78, 5) is 20.4. The predicted molar refractivity (Wildman–Crippen MR) is 238 cm³/mol. The molecule has 0 saturated carbocycles. The molecule has 12 aromatic rings. The summed E-state index contributed by atoms with van der Waals surface area (Å²) < 4.78 is 11.0. The molecule has 7 heteroatoms. The molecular weight excluding hydrogens is 725 g/mol. The summed E-state index contributed by atoms with van der Waals surface area (Å²) in [6.07, 6.45) is 0. The molecule has 0 aliphatic rings. The second-order valence-corrected chi connectivity index (χ2v) is 14.7. The molecule has 0 saturated heterocycles. The van der Waals surface area contributed by atoms with Crippen molar-refractivity contribution in [2.75, 3.05) is 0 Å². The van der Waals surface area contributed by atoms with Crippen molar-refractivity contribution in [2.24, 2.45) is 0 Å². The predicted octanol–water partition coefficient (Wildman–Crippen LogP) is 12.9. The summed E-state index contributed by atoms with van der Waals surface area (Å²) in [5, 5.41) is 4.43. The zero-order valence-electron chi connectivity index (χ0n) is 31.6. The van der Waals surface area contributed by atoms with Crippen molar-refractivity contribution >= 4 is 54.7 Å². The van der Waals surface area contributed by atoms with Crippen LogP contribution in [-0.4, -0.2) is 29.1 Å². The van der Waals surface area contributed by atoms with Crippen LogP contribution >= 0.6 is 0 Å². The Labute approximate surface area is 338 Å². The van der Waals surface area contributed by atoms with Gasteiger partial charge in [0.1, 0.15) is 5.52 Å². The van der Waals surface area contributed by atoms with Gasteiger partial charge in [0.2, 0.25) is 11.8 Å². The van der Waals surface area contributed by atoms with E-state index in [1.54, 1.807) is 0 Å². The number of hydrogen-bond donors (Lipinski definition) is 0. The van der Waals surface area contributed by atoms with Gasteiger partial charge < -0.3 is 8.98 Å². The maximum atomic E-state index is 6.44. The van der Waals surface area contributed by atoms with Crippen molar-refractivity contribution in [2.45, 2.75) is 0 Å². The Kier molecular flexibility index (Phi) is 7.40. The third-order valence-corrected chi connectivity index (χ3v) is 11.2. The van der Waals surface area contributed by atoms with Gasteiger partial charge in [-0.2, -0.15) is 9.97 Å². The maximum Gasteiger partial charge on any atom is 0.238 e. The Bertz CT molecular complexity index is 3480. The summed E-state index contributed by atoms with van der Waals surface area (Å²) in [5.74, 6) is 2.39. The number of oxazole rings is 1. The zero-order chi connectivity index (χ0) is 38.9. The Hall–Kier alpha value is -8.16. The van der Waals surface area contributed by atoms with Gasteiger partial charge in [-0.3, -0.25) is 4.57 Å². The number of rotatable bonds is 6. The number of hydrogen-bond acceptors (Lipinski definition) is 5. The standard InChI is InChI=1S/C52H32N6O/c1-5-16-33(17-6-1)49-54-50(34-18-7-2-8-19-34)56-52(55-49)58-44-27-14-13-24-39(44)40-26-15-25-38(48(40)58)36-28-29-45-41(30-36)42-31-47-43(53-51(59-47)35-20-9-3-10-21-35)32-46(42)57(45)37-22-11-4-12-23-37/h1-32H. The van der Waals surface area contributed by atoms with Gasteiger partial charge in [-0.25, -0.2) is 9.97 Å². The van der Waals surface area contributed by atoms with E-state index in [9.17, 15) is 0 Å². The largest absolute Gasteiger partial charge is 0.436 e. The lowest BCUT2D eigenvalue weighted by molar-refractivity contribution is 0.620. The lowest BCUT2D eigenvalue weighted by Gasteiger charge is -2.13. The third-order valence-electron chi connectivity index (χ3n) is 11.2. The zero-order valence-corrected chi connectivity index (χ0v) is 31.6. The van der Waals surface area contributed by atoms with Crippen LogP contribution in [0.1, 0.15) is 0 Å². The van der Waals surface area contributed by atoms with E-state index in [1.807, 2.05) is 91.0 Å². The van der Waals surface area contributed by atoms with E-state index in [-0.39, 0.29) is 0 Å². The van der Waals surface area contributed by atoms with Crippen LogP contribution < -0.4 is 0 Å². The number of benzene rings is 8. The summed E-state index contributed by atoms with van der Waals surface area (Å²) in [7, 11) is 0. The Morgan fingerprint density at radius 3 is 1.68 bits per heavy atom. The first kappa shape index (κ1) is 33.0. The van der Waals surface area contributed by atoms with Crippen LogP contribution in [0.4, 0.5) is 0 Å². The normalized spacial score (nSPS) is 11.7. The van der Waals surface area contributed by atoms with Gasteiger partial charge >= 0.3 is 0 Å². The minimum atomic E-state index is 0.556. The third kappa shape index (κ3) is 5.36. The number of para-hydroxylation sites is 3. The average molecular weight is 757 g/mol. The van der Waals surface area contributed by atoms with Crippen molar-refractivity contribution in [3.63, 3.8) is 0 Å². The van der Waals surface area contributed by atoms with Crippen molar-refractivity contribution in [3.05, 3.63) is 194 Å². The second kappa shape index (κ2) is 13.2. The SMILES string of the molecule is c1ccc(-c2nc(-c3ccccc3)nc(-n3c4ccccc4c4cccc(-c5ccc6c(c5)c5cc7oc(-c8ccccc8)nc7cc5n6-c5ccccc5)c43)n2)cc1. The molecule has 0 radical (unpaired) electrons. The van der Waals surface area contributed by atoms with Crippen LogP contribution in [0.15, 0.2) is 199 Å². The highest BCUT2D eigenvalue weighted by molar-refractivity contribution is 6.16. The Balaban J connectivity index is 1.13. The molecule has 7 nitrogen and oxygen atoms in total. The highest BCUT2D eigenvalue weighted by atomic mass is 16.3. The fourth-order valence-corrected chi connectivity index (χ4v) is 8.52. The Morgan fingerprint density at radius 2 is 0.966 bits per heavy atom. The lowest BCUT2D eigenvalue weighted by atomic mass is 10.00. The number of fused-ring (bicyclic) bond motifs is 7. The van der Waals surface area contributed by atoms with Crippen molar-refractivity contribution in [1.82, 2.24) is 29.1 Å². The maximum absolute atomic E-state index is 6.44. The van der Waals surface area contributed by atoms with Gasteiger partial charge in [0.15, 0.2) is 17.2 Å². The van der Waals surface area contributed by atoms with E-state index in [4.69, 9.17) is 24.4 Å². The van der Waals surface area contributed by atoms with E-state index in [1.165, 1.54) is 0 Å². The van der Waals surface area contributed by atoms with Crippen LogP contribution in [0, 0.1) is 0 Å². The minimum Gasteiger partial charge on any atom is -0.436 e. The van der Waals surface area contributed by atoms with E-state index in [0.717, 1.165) is 88.2 Å². The van der Waals surface area contributed by atoms with Gasteiger partial charge in [0.05, 0.1) is 22.1 Å². The summed E-state index contributed by atoms with van der Waals surface area (Å²) in [6.45, 7) is 0. The topological polar surface area (TPSA) is 74.6 Å². The highest BCUT2D eigenvalue weighted by Gasteiger charge is 2.22. The first-order valence-electron chi connectivity index (χ1n) is 19.6. The molecule has 276 valence electrons. The molecule has 0 bridgehead atoms. The molecule has 0 fully saturated rings. The van der Waals surface area contributed by atoms with Crippen LogP contribution in [0.5, 0.6) is 0 Å². The molecule has 0 amide bonds. The van der Waals surface area contributed by atoms with Crippen LogP contribution in [0.3, 0.4) is 0 Å². The number of aromatic nitrogens is 6.